The lowest BCUT2D eigenvalue weighted by Crippen LogP contribution is -2.43. The lowest BCUT2D eigenvalue weighted by molar-refractivity contribution is -0.145. The number of halogens is 9. The van der Waals surface area contributed by atoms with Gasteiger partial charge in [0.05, 0.1) is 16.8 Å². The van der Waals surface area contributed by atoms with Gasteiger partial charge in [-0.2, -0.15) is 39.5 Å². The number of benzene rings is 1. The fraction of sp³-hybridized carbons (Fsp3) is 0.412. The van der Waals surface area contributed by atoms with E-state index in [-0.39, 0.29) is 12.1 Å². The second-order valence-corrected chi connectivity index (χ2v) is 6.53. The van der Waals surface area contributed by atoms with Crippen molar-refractivity contribution in [2.24, 2.45) is 12.0 Å². The molecule has 0 unspecified atom stereocenters. The van der Waals surface area contributed by atoms with E-state index in [9.17, 15) is 44.3 Å². The Morgan fingerprint density at radius 3 is 1.87 bits per heavy atom. The molecule has 0 saturated heterocycles. The van der Waals surface area contributed by atoms with Crippen LogP contribution in [0.4, 0.5) is 45.2 Å². The third kappa shape index (κ3) is 4.70. The minimum atomic E-state index is -5.29. The van der Waals surface area contributed by atoms with Gasteiger partial charge in [0.2, 0.25) is 5.62 Å². The number of rotatable bonds is 2. The molecule has 166 valence electrons. The lowest BCUT2D eigenvalue weighted by Gasteiger charge is -2.19. The average molecular weight is 447 g/mol. The van der Waals surface area contributed by atoms with E-state index in [0.29, 0.717) is 21.3 Å². The molecule has 0 aliphatic carbocycles. The van der Waals surface area contributed by atoms with Crippen molar-refractivity contribution < 1.29 is 39.5 Å². The fourth-order valence-electron chi connectivity index (χ4n) is 2.68. The fourth-order valence-corrected chi connectivity index (χ4v) is 2.68. The molecule has 0 bridgehead atoms. The van der Waals surface area contributed by atoms with Crippen LogP contribution in [0.15, 0.2) is 34.1 Å². The van der Waals surface area contributed by atoms with Gasteiger partial charge in [0.1, 0.15) is 5.69 Å². The number of nitrogens with zero attached hydrogens (tertiary/aromatic N) is 3. The zero-order chi connectivity index (χ0) is 23.2. The monoisotopic (exact) mass is 447 g/mol. The standard InChI is InChI=1S/C17H14F9N3O/c1-8(2)29-13(30)7-12(17(24,25)26)28(3)14(29)27-11-5-4-9(15(18,19)20)6-10(11)16(21,22)23/h4-8H,1-3H3. The van der Waals surface area contributed by atoms with E-state index in [4.69, 9.17) is 0 Å². The van der Waals surface area contributed by atoms with Crippen LogP contribution in [0.2, 0.25) is 0 Å². The molecule has 0 radical (unpaired) electrons. The smallest absolute Gasteiger partial charge is 0.310 e. The summed E-state index contributed by atoms with van der Waals surface area (Å²) in [6, 6.07) is -0.0325. The Bertz CT molecular complexity index is 1070. The van der Waals surface area contributed by atoms with Gasteiger partial charge >= 0.3 is 18.5 Å². The molecule has 30 heavy (non-hydrogen) atoms. The largest absolute Gasteiger partial charge is 0.431 e. The number of alkyl halides is 9. The second kappa shape index (κ2) is 7.51. The van der Waals surface area contributed by atoms with Crippen molar-refractivity contribution in [2.75, 3.05) is 0 Å². The van der Waals surface area contributed by atoms with E-state index < -0.39 is 58.3 Å². The number of hydrogen-bond donors (Lipinski definition) is 0. The van der Waals surface area contributed by atoms with Crippen molar-refractivity contribution >= 4 is 5.69 Å². The van der Waals surface area contributed by atoms with Crippen LogP contribution in [0.5, 0.6) is 0 Å². The summed E-state index contributed by atoms with van der Waals surface area (Å²) in [4.78, 5) is 15.7. The van der Waals surface area contributed by atoms with Gasteiger partial charge in [-0.05, 0) is 32.0 Å². The molecule has 4 nitrogen and oxygen atoms in total. The minimum Gasteiger partial charge on any atom is -0.310 e. The van der Waals surface area contributed by atoms with Crippen LogP contribution in [-0.4, -0.2) is 9.13 Å². The molecular formula is C17H14F9N3O. The molecule has 13 heteroatoms. The van der Waals surface area contributed by atoms with Gasteiger partial charge in [0.15, 0.2) is 0 Å². The van der Waals surface area contributed by atoms with Crippen LogP contribution in [0, 0.1) is 0 Å². The van der Waals surface area contributed by atoms with Crippen LogP contribution < -0.4 is 11.2 Å². The summed E-state index contributed by atoms with van der Waals surface area (Å²) in [6.07, 6.45) is -15.4. The Labute approximate surface area is 162 Å². The van der Waals surface area contributed by atoms with Gasteiger partial charge < -0.3 is 4.57 Å². The summed E-state index contributed by atoms with van der Waals surface area (Å²) in [5.41, 5.74) is -7.96. The summed E-state index contributed by atoms with van der Waals surface area (Å²) in [5.74, 6) is 0. The Hall–Kier alpha value is -2.73. The Balaban J connectivity index is 2.99. The minimum absolute atomic E-state index is 0.190. The highest BCUT2D eigenvalue weighted by Crippen LogP contribution is 2.40. The van der Waals surface area contributed by atoms with Gasteiger partial charge in [0.25, 0.3) is 5.56 Å². The summed E-state index contributed by atoms with van der Waals surface area (Å²) in [5, 5.41) is 0. The van der Waals surface area contributed by atoms with Crippen molar-refractivity contribution in [1.82, 2.24) is 9.13 Å². The molecular weight excluding hydrogens is 433 g/mol. The van der Waals surface area contributed by atoms with Crippen molar-refractivity contribution in [1.29, 1.82) is 0 Å². The zero-order valence-corrected chi connectivity index (χ0v) is 15.5. The molecule has 0 aliphatic rings. The van der Waals surface area contributed by atoms with E-state index >= 15 is 0 Å². The molecule has 0 saturated carbocycles. The van der Waals surface area contributed by atoms with Crippen LogP contribution in [-0.2, 0) is 25.6 Å². The highest BCUT2D eigenvalue weighted by Gasteiger charge is 2.39. The van der Waals surface area contributed by atoms with Gasteiger partial charge in [-0.25, -0.2) is 4.99 Å². The topological polar surface area (TPSA) is 39.3 Å². The maximum absolute atomic E-state index is 13.3. The van der Waals surface area contributed by atoms with Gasteiger partial charge in [-0.15, -0.1) is 0 Å². The van der Waals surface area contributed by atoms with Crippen molar-refractivity contribution in [3.8, 4) is 0 Å². The molecule has 0 aliphatic heterocycles. The predicted octanol–water partition coefficient (Wildman–Crippen LogP) is 5.06. The van der Waals surface area contributed by atoms with Crippen LogP contribution in [0.3, 0.4) is 0 Å². The summed E-state index contributed by atoms with van der Waals surface area (Å²) >= 11 is 0. The van der Waals surface area contributed by atoms with Gasteiger partial charge in [-0.3, -0.25) is 9.36 Å². The summed E-state index contributed by atoms with van der Waals surface area (Å²) < 4.78 is 119. The van der Waals surface area contributed by atoms with Crippen LogP contribution in [0.1, 0.15) is 36.7 Å². The molecule has 0 spiro atoms. The van der Waals surface area contributed by atoms with Gasteiger partial charge in [-0.1, -0.05) is 0 Å². The van der Waals surface area contributed by atoms with Crippen molar-refractivity contribution in [2.45, 2.75) is 38.4 Å². The SMILES string of the molecule is CC(C)n1c(=O)cc(C(F)(F)F)n(C)c1=Nc1ccc(C(F)(F)F)cc1C(F)(F)F. The summed E-state index contributed by atoms with van der Waals surface area (Å²) in [6.45, 7) is 2.76. The highest BCUT2D eigenvalue weighted by molar-refractivity contribution is 5.50. The Morgan fingerprint density at radius 1 is 0.867 bits per heavy atom. The molecule has 0 fully saturated rings. The van der Waals surface area contributed by atoms with E-state index in [1.807, 2.05) is 0 Å². The highest BCUT2D eigenvalue weighted by atomic mass is 19.4. The molecule has 1 aromatic carbocycles. The Morgan fingerprint density at radius 2 is 1.43 bits per heavy atom. The van der Waals surface area contributed by atoms with Crippen molar-refractivity contribution in [3.05, 3.63) is 57.1 Å². The molecule has 0 N–H and O–H groups in total. The quantitative estimate of drug-likeness (QED) is 0.594. The van der Waals surface area contributed by atoms with Crippen LogP contribution >= 0.6 is 0 Å². The second-order valence-electron chi connectivity index (χ2n) is 6.53. The molecule has 0 atom stereocenters. The summed E-state index contributed by atoms with van der Waals surface area (Å²) in [7, 11) is 0.831. The predicted molar refractivity (Wildman–Crippen MR) is 86.7 cm³/mol. The maximum Gasteiger partial charge on any atom is 0.431 e. The van der Waals surface area contributed by atoms with E-state index in [1.165, 1.54) is 13.8 Å². The molecule has 1 heterocycles. The maximum atomic E-state index is 13.3. The Kier molecular flexibility index (Phi) is 5.89. The van der Waals surface area contributed by atoms with E-state index in [2.05, 4.69) is 4.99 Å². The lowest BCUT2D eigenvalue weighted by atomic mass is 10.1. The number of aromatic nitrogens is 2. The number of hydrogen-bond acceptors (Lipinski definition) is 2. The van der Waals surface area contributed by atoms with Crippen LogP contribution in [0.25, 0.3) is 0 Å². The van der Waals surface area contributed by atoms with Crippen molar-refractivity contribution in [3.63, 3.8) is 0 Å². The molecule has 0 amide bonds. The third-order valence-electron chi connectivity index (χ3n) is 4.03. The average Bonchev–Trinajstić information content (AvgIpc) is 2.54. The first-order chi connectivity index (χ1) is 13.4. The first-order valence-corrected chi connectivity index (χ1v) is 8.17. The van der Waals surface area contributed by atoms with E-state index in [0.717, 1.165) is 7.05 Å². The molecule has 1 aromatic heterocycles. The first-order valence-electron chi connectivity index (χ1n) is 8.17. The first kappa shape index (κ1) is 23.5. The van der Waals surface area contributed by atoms with Gasteiger partial charge in [0, 0.05) is 19.2 Å². The zero-order valence-electron chi connectivity index (χ0n) is 15.5. The molecule has 2 rings (SSSR count). The van der Waals surface area contributed by atoms with E-state index in [1.54, 1.807) is 0 Å². The normalized spacial score (nSPS) is 14.0. The molecule has 2 aromatic rings. The third-order valence-corrected chi connectivity index (χ3v) is 4.03.